The molecule has 9 nitrogen and oxygen atoms in total. The number of aliphatic hydroxyl groups is 1. The summed E-state index contributed by atoms with van der Waals surface area (Å²) in [6, 6.07) is 3.12. The van der Waals surface area contributed by atoms with E-state index < -0.39 is 25.2 Å². The lowest BCUT2D eigenvalue weighted by Crippen LogP contribution is -2.29. The van der Waals surface area contributed by atoms with Gasteiger partial charge in [0, 0.05) is 48.2 Å². The number of aryl methyl sites for hydroxylation is 1. The van der Waals surface area contributed by atoms with Gasteiger partial charge in [0.2, 0.25) is 5.88 Å². The quantitative estimate of drug-likeness (QED) is 0.403. The van der Waals surface area contributed by atoms with E-state index in [1.165, 1.54) is 12.4 Å². The van der Waals surface area contributed by atoms with E-state index in [4.69, 9.17) is 14.7 Å². The van der Waals surface area contributed by atoms with Crippen molar-refractivity contribution in [3.8, 4) is 5.88 Å². The first-order chi connectivity index (χ1) is 14.9. The Morgan fingerprint density at radius 1 is 1.42 bits per heavy atom. The second kappa shape index (κ2) is 10.1. The van der Waals surface area contributed by atoms with Crippen LogP contribution in [0.2, 0.25) is 0 Å². The number of nitrogens with zero attached hydrogens (tertiary/aromatic N) is 3. The standard InChI is InChI=1S/C20H24F2N4O5/c1-11-7-13(8-25-19(11)30-10-16(21)22)12(2)26-9-15-14(20(26)31-29)3-4-23-17(15)18(28)24-5-6-27/h3-4,7-8,12,16,20,27,29H,5-6,9-10H2,1-2H3,(H,24,28). The first-order valence-corrected chi connectivity index (χ1v) is 9.67. The number of halogens is 2. The van der Waals surface area contributed by atoms with Crippen molar-refractivity contribution in [3.63, 3.8) is 0 Å². The Labute approximate surface area is 177 Å². The number of alkyl halides is 2. The number of fused-ring (bicyclic) bond motifs is 1. The molecule has 0 fully saturated rings. The second-order valence-electron chi connectivity index (χ2n) is 7.11. The SMILES string of the molecule is Cc1cc(C(C)N2Cc3c(ccnc3C(=O)NCCO)C2OO)cnc1OCC(F)F. The molecule has 3 rings (SSSR count). The zero-order chi connectivity index (χ0) is 22.5. The lowest BCUT2D eigenvalue weighted by molar-refractivity contribution is -0.319. The van der Waals surface area contributed by atoms with Crippen LogP contribution in [0.15, 0.2) is 24.5 Å². The maximum Gasteiger partial charge on any atom is 0.272 e. The molecule has 3 N–H and O–H groups in total. The number of hydrogen-bond acceptors (Lipinski definition) is 8. The topological polar surface area (TPSA) is 117 Å². The Kier molecular flexibility index (Phi) is 7.44. The summed E-state index contributed by atoms with van der Waals surface area (Å²) >= 11 is 0. The number of amides is 1. The van der Waals surface area contributed by atoms with Crippen molar-refractivity contribution in [3.05, 3.63) is 52.5 Å². The highest BCUT2D eigenvalue weighted by Crippen LogP contribution is 2.41. The van der Waals surface area contributed by atoms with Gasteiger partial charge >= 0.3 is 0 Å². The molecule has 3 heterocycles. The fraction of sp³-hybridized carbons (Fsp3) is 0.450. The summed E-state index contributed by atoms with van der Waals surface area (Å²) in [6.07, 6.45) is -0.466. The normalized spacial score (nSPS) is 16.9. The number of nitrogens with one attached hydrogen (secondary N) is 1. The number of aliphatic hydroxyl groups excluding tert-OH is 1. The number of aromatic nitrogens is 2. The number of ether oxygens (including phenoxy) is 1. The lowest BCUT2D eigenvalue weighted by atomic mass is 10.1. The van der Waals surface area contributed by atoms with Crippen LogP contribution in [0.5, 0.6) is 5.88 Å². The van der Waals surface area contributed by atoms with Gasteiger partial charge in [-0.05, 0) is 31.5 Å². The summed E-state index contributed by atoms with van der Waals surface area (Å²) in [4.78, 5) is 27.2. The molecule has 2 aromatic heterocycles. The smallest absolute Gasteiger partial charge is 0.272 e. The fourth-order valence-electron chi connectivity index (χ4n) is 3.55. The van der Waals surface area contributed by atoms with Crippen molar-refractivity contribution in [1.29, 1.82) is 0 Å². The van der Waals surface area contributed by atoms with Crippen LogP contribution < -0.4 is 10.1 Å². The van der Waals surface area contributed by atoms with Crippen LogP contribution in [0.1, 0.15) is 51.9 Å². The van der Waals surface area contributed by atoms with E-state index >= 15 is 0 Å². The van der Waals surface area contributed by atoms with Gasteiger partial charge in [-0.15, -0.1) is 0 Å². The first-order valence-electron chi connectivity index (χ1n) is 9.67. The van der Waals surface area contributed by atoms with Gasteiger partial charge in [-0.25, -0.2) is 23.9 Å². The summed E-state index contributed by atoms with van der Waals surface area (Å²) < 4.78 is 29.8. The summed E-state index contributed by atoms with van der Waals surface area (Å²) in [6.45, 7) is 2.99. The fourth-order valence-corrected chi connectivity index (χ4v) is 3.55. The number of pyridine rings is 2. The van der Waals surface area contributed by atoms with Crippen LogP contribution >= 0.6 is 0 Å². The highest BCUT2D eigenvalue weighted by molar-refractivity contribution is 5.94. The summed E-state index contributed by atoms with van der Waals surface area (Å²) in [5.74, 6) is -0.307. The Bertz CT molecular complexity index is 930. The summed E-state index contributed by atoms with van der Waals surface area (Å²) in [5, 5.41) is 21.1. The predicted molar refractivity (Wildman–Crippen MR) is 105 cm³/mol. The van der Waals surface area contributed by atoms with Gasteiger partial charge in [0.05, 0.1) is 6.61 Å². The van der Waals surface area contributed by atoms with Gasteiger partial charge in [-0.1, -0.05) is 0 Å². The largest absolute Gasteiger partial charge is 0.471 e. The molecule has 0 saturated carbocycles. The molecule has 1 aliphatic rings. The molecule has 0 aliphatic carbocycles. The van der Waals surface area contributed by atoms with Gasteiger partial charge in [0.15, 0.2) is 12.8 Å². The third-order valence-electron chi connectivity index (χ3n) is 5.09. The molecule has 11 heteroatoms. The molecule has 2 atom stereocenters. The predicted octanol–water partition coefficient (Wildman–Crippen LogP) is 2.22. The summed E-state index contributed by atoms with van der Waals surface area (Å²) in [5.41, 5.74) is 2.73. The van der Waals surface area contributed by atoms with Gasteiger partial charge in [0.25, 0.3) is 12.3 Å². The van der Waals surface area contributed by atoms with Gasteiger partial charge in [-0.2, -0.15) is 0 Å². The molecule has 0 saturated heterocycles. The zero-order valence-electron chi connectivity index (χ0n) is 17.1. The van der Waals surface area contributed by atoms with E-state index in [-0.39, 0.29) is 37.3 Å². The molecule has 0 radical (unpaired) electrons. The van der Waals surface area contributed by atoms with E-state index in [2.05, 4.69) is 15.3 Å². The zero-order valence-corrected chi connectivity index (χ0v) is 17.1. The molecule has 168 valence electrons. The molecule has 0 aromatic carbocycles. The average molecular weight is 438 g/mol. The average Bonchev–Trinajstić information content (AvgIpc) is 3.14. The van der Waals surface area contributed by atoms with Crippen LogP contribution in [0.25, 0.3) is 0 Å². The first kappa shape index (κ1) is 22.9. The molecule has 2 unspecified atom stereocenters. The molecule has 1 amide bonds. The number of rotatable bonds is 9. The molecule has 1 aliphatic heterocycles. The van der Waals surface area contributed by atoms with Crippen molar-refractivity contribution in [2.24, 2.45) is 0 Å². The molecule has 0 bridgehead atoms. The van der Waals surface area contributed by atoms with Gasteiger partial charge in [0.1, 0.15) is 5.69 Å². The second-order valence-corrected chi connectivity index (χ2v) is 7.11. The Hall–Kier alpha value is -2.73. The minimum atomic E-state index is -2.59. The number of carbonyl (C=O) groups excluding carboxylic acids is 1. The monoisotopic (exact) mass is 438 g/mol. The van der Waals surface area contributed by atoms with Gasteiger partial charge in [-0.3, -0.25) is 14.7 Å². The lowest BCUT2D eigenvalue weighted by Gasteiger charge is -2.29. The molecule has 31 heavy (non-hydrogen) atoms. The maximum atomic E-state index is 12.4. The van der Waals surface area contributed by atoms with Crippen LogP contribution in [0, 0.1) is 6.92 Å². The third-order valence-corrected chi connectivity index (χ3v) is 5.09. The van der Waals surface area contributed by atoms with E-state index in [0.717, 1.165) is 5.56 Å². The van der Waals surface area contributed by atoms with Crippen LogP contribution in [0.4, 0.5) is 8.78 Å². The summed E-state index contributed by atoms with van der Waals surface area (Å²) in [7, 11) is 0. The minimum absolute atomic E-state index is 0.0924. The minimum Gasteiger partial charge on any atom is -0.471 e. The van der Waals surface area contributed by atoms with E-state index in [1.54, 1.807) is 19.1 Å². The maximum absolute atomic E-state index is 12.4. The van der Waals surface area contributed by atoms with E-state index in [1.807, 2.05) is 11.8 Å². The number of hydrogen-bond donors (Lipinski definition) is 3. The molecular formula is C20H24F2N4O5. The van der Waals surface area contributed by atoms with Crippen LogP contribution in [0.3, 0.4) is 0 Å². The van der Waals surface area contributed by atoms with Crippen molar-refractivity contribution in [2.75, 3.05) is 19.8 Å². The third kappa shape index (κ3) is 4.96. The number of carbonyl (C=O) groups is 1. The molecular weight excluding hydrogens is 414 g/mol. The van der Waals surface area contributed by atoms with Gasteiger partial charge < -0.3 is 15.2 Å². The van der Waals surface area contributed by atoms with Crippen molar-refractivity contribution in [2.45, 2.75) is 39.1 Å². The van der Waals surface area contributed by atoms with Crippen molar-refractivity contribution in [1.82, 2.24) is 20.2 Å². The van der Waals surface area contributed by atoms with Crippen molar-refractivity contribution < 1.29 is 33.6 Å². The van der Waals surface area contributed by atoms with Crippen LogP contribution in [-0.2, 0) is 11.4 Å². The van der Waals surface area contributed by atoms with Crippen LogP contribution in [-0.4, -0.2) is 57.3 Å². The Morgan fingerprint density at radius 2 is 2.19 bits per heavy atom. The Balaban J connectivity index is 1.84. The van der Waals surface area contributed by atoms with Crippen molar-refractivity contribution >= 4 is 5.91 Å². The highest BCUT2D eigenvalue weighted by atomic mass is 19.3. The molecule has 0 spiro atoms. The Morgan fingerprint density at radius 3 is 2.84 bits per heavy atom. The molecule has 2 aromatic rings. The van der Waals surface area contributed by atoms with E-state index in [0.29, 0.717) is 16.7 Å². The van der Waals surface area contributed by atoms with E-state index in [9.17, 15) is 18.8 Å². The highest BCUT2D eigenvalue weighted by Gasteiger charge is 2.38.